The zero-order chi connectivity index (χ0) is 17.0. The molecule has 0 aliphatic heterocycles. The Labute approximate surface area is 134 Å². The van der Waals surface area contributed by atoms with E-state index in [1.807, 2.05) is 19.9 Å². The maximum Gasteiger partial charge on any atom is 0.123 e. The summed E-state index contributed by atoms with van der Waals surface area (Å²) in [4.78, 5) is 5.32. The Morgan fingerprint density at radius 2 is 1.68 bits per heavy atom. The summed E-state index contributed by atoms with van der Waals surface area (Å²) in [6.07, 6.45) is 15.5. The number of hydrogen-bond donors (Lipinski definition) is 1. The van der Waals surface area contributed by atoms with Gasteiger partial charge in [-0.25, -0.2) is 4.39 Å². The van der Waals surface area contributed by atoms with Gasteiger partial charge in [-0.2, -0.15) is 0 Å². The van der Waals surface area contributed by atoms with Gasteiger partial charge in [-0.15, -0.1) is 12.8 Å². The highest BCUT2D eigenvalue weighted by molar-refractivity contribution is 5.78. The van der Waals surface area contributed by atoms with Crippen molar-refractivity contribution in [2.75, 3.05) is 14.1 Å². The van der Waals surface area contributed by atoms with Gasteiger partial charge in [0.1, 0.15) is 5.82 Å². The molecule has 0 spiro atoms. The summed E-state index contributed by atoms with van der Waals surface area (Å²) in [5.41, 5.74) is 0.974. The van der Waals surface area contributed by atoms with Gasteiger partial charge in [0.05, 0.1) is 0 Å². The summed E-state index contributed by atoms with van der Waals surface area (Å²) in [5.74, 6) is -0.188. The molecule has 1 fully saturated rings. The van der Waals surface area contributed by atoms with E-state index in [2.05, 4.69) is 36.8 Å². The Hall–Kier alpha value is -1.79. The van der Waals surface area contributed by atoms with E-state index in [-0.39, 0.29) is 5.82 Å². The van der Waals surface area contributed by atoms with Crippen molar-refractivity contribution in [2.24, 2.45) is 0 Å². The highest BCUT2D eigenvalue weighted by Gasteiger charge is 2.15. The predicted octanol–water partition coefficient (Wildman–Crippen LogP) is 5.07. The highest BCUT2D eigenvalue weighted by atomic mass is 19.1. The first-order chi connectivity index (χ1) is 10.7. The fourth-order valence-corrected chi connectivity index (χ4v) is 2.44. The number of hydrogen-bond acceptors (Lipinski definition) is 1. The van der Waals surface area contributed by atoms with Gasteiger partial charge in [0.15, 0.2) is 0 Å². The molecule has 1 N–H and O–H groups in total. The number of aromatic amines is 1. The van der Waals surface area contributed by atoms with Crippen LogP contribution < -0.4 is 0 Å². The van der Waals surface area contributed by atoms with Crippen LogP contribution in [0.2, 0.25) is 0 Å². The van der Waals surface area contributed by atoms with Crippen molar-refractivity contribution in [3.05, 3.63) is 36.3 Å². The first kappa shape index (κ1) is 20.2. The molecule has 3 rings (SSSR count). The third-order valence-electron chi connectivity index (χ3n) is 3.57. The zero-order valence-corrected chi connectivity index (χ0v) is 14.3. The molecule has 0 unspecified atom stereocenters. The fraction of sp³-hybridized carbons (Fsp3) is 0.474. The summed E-state index contributed by atoms with van der Waals surface area (Å²) in [6, 6.07) is 7.42. The number of fused-ring (bicyclic) bond motifs is 1. The smallest absolute Gasteiger partial charge is 0.123 e. The third-order valence-corrected chi connectivity index (χ3v) is 3.57. The third kappa shape index (κ3) is 6.78. The molecule has 1 aromatic heterocycles. The minimum atomic E-state index is -0.188. The van der Waals surface area contributed by atoms with E-state index < -0.39 is 0 Å². The first-order valence-electron chi connectivity index (χ1n) is 7.89. The molecule has 0 radical (unpaired) electrons. The standard InChI is InChI=1S/C8H6FN.C7H15N.C2H6.C2H2/c9-7-1-2-8-6(5-7)3-4-10-8;1-8(2)7-5-3-4-6-7;2*1-2/h1-5,10H;7H,3-6H2,1-2H3;1-2H3;1-2H. The average Bonchev–Trinajstić information content (AvgIpc) is 3.23. The number of rotatable bonds is 1. The van der Waals surface area contributed by atoms with Crippen molar-refractivity contribution >= 4 is 10.9 Å². The van der Waals surface area contributed by atoms with E-state index in [0.717, 1.165) is 16.9 Å². The number of nitrogens with one attached hydrogen (secondary N) is 1. The average molecular weight is 304 g/mol. The van der Waals surface area contributed by atoms with Gasteiger partial charge in [-0.3, -0.25) is 0 Å². The van der Waals surface area contributed by atoms with Crippen LogP contribution in [0.5, 0.6) is 0 Å². The summed E-state index contributed by atoms with van der Waals surface area (Å²) < 4.78 is 12.5. The monoisotopic (exact) mass is 304 g/mol. The first-order valence-corrected chi connectivity index (χ1v) is 7.89. The second-order valence-electron chi connectivity index (χ2n) is 5.11. The lowest BCUT2D eigenvalue weighted by atomic mass is 10.2. The van der Waals surface area contributed by atoms with E-state index in [1.165, 1.54) is 37.8 Å². The second kappa shape index (κ2) is 11.8. The Bertz CT molecular complexity index is 522. The molecule has 1 aliphatic carbocycles. The largest absolute Gasteiger partial charge is 0.361 e. The minimum Gasteiger partial charge on any atom is -0.361 e. The molecular weight excluding hydrogens is 275 g/mol. The van der Waals surface area contributed by atoms with Gasteiger partial charge in [0.2, 0.25) is 0 Å². The van der Waals surface area contributed by atoms with Gasteiger partial charge in [0.25, 0.3) is 0 Å². The van der Waals surface area contributed by atoms with Gasteiger partial charge >= 0.3 is 0 Å². The van der Waals surface area contributed by atoms with Crippen LogP contribution in [0.3, 0.4) is 0 Å². The van der Waals surface area contributed by atoms with Crippen LogP contribution in [0.25, 0.3) is 10.9 Å². The molecule has 0 saturated heterocycles. The van der Waals surface area contributed by atoms with Crippen LogP contribution in [0.15, 0.2) is 30.5 Å². The molecule has 3 heteroatoms. The van der Waals surface area contributed by atoms with E-state index in [1.54, 1.807) is 12.3 Å². The van der Waals surface area contributed by atoms with E-state index in [4.69, 9.17) is 0 Å². The number of terminal acetylenes is 1. The van der Waals surface area contributed by atoms with Crippen molar-refractivity contribution in [3.63, 3.8) is 0 Å². The molecule has 0 atom stereocenters. The van der Waals surface area contributed by atoms with Crippen molar-refractivity contribution in [1.82, 2.24) is 9.88 Å². The van der Waals surface area contributed by atoms with Gasteiger partial charge in [0, 0.05) is 23.1 Å². The normalized spacial score (nSPS) is 13.5. The molecule has 1 saturated carbocycles. The van der Waals surface area contributed by atoms with Crippen LogP contribution in [0, 0.1) is 18.7 Å². The molecule has 1 heterocycles. The lowest BCUT2D eigenvalue weighted by Crippen LogP contribution is -2.23. The SMILES string of the molecule is C#C.CC.CN(C)C1CCCC1.Fc1ccc2[nH]ccc2c1. The van der Waals surface area contributed by atoms with E-state index in [9.17, 15) is 4.39 Å². The van der Waals surface area contributed by atoms with Crippen LogP contribution in [-0.2, 0) is 0 Å². The summed E-state index contributed by atoms with van der Waals surface area (Å²) in [7, 11) is 4.35. The number of aromatic nitrogens is 1. The maximum atomic E-state index is 12.5. The lowest BCUT2D eigenvalue weighted by Gasteiger charge is -2.17. The van der Waals surface area contributed by atoms with E-state index in [0.29, 0.717) is 0 Å². The fourth-order valence-electron chi connectivity index (χ4n) is 2.44. The molecule has 0 bridgehead atoms. The molecule has 2 nitrogen and oxygen atoms in total. The van der Waals surface area contributed by atoms with Crippen molar-refractivity contribution < 1.29 is 4.39 Å². The Kier molecular flexibility index (Phi) is 10.9. The van der Waals surface area contributed by atoms with Crippen molar-refractivity contribution in [3.8, 4) is 12.8 Å². The summed E-state index contributed by atoms with van der Waals surface area (Å²) in [5, 5.41) is 0.917. The summed E-state index contributed by atoms with van der Waals surface area (Å²) >= 11 is 0. The maximum absolute atomic E-state index is 12.5. The molecule has 2 aromatic rings. The number of H-pyrrole nitrogens is 1. The predicted molar refractivity (Wildman–Crippen MR) is 95.4 cm³/mol. The Balaban J connectivity index is 0.000000333. The molecule has 1 aliphatic rings. The zero-order valence-electron chi connectivity index (χ0n) is 14.3. The molecule has 0 amide bonds. The number of halogens is 1. The van der Waals surface area contributed by atoms with Crippen LogP contribution >= 0.6 is 0 Å². The second-order valence-corrected chi connectivity index (χ2v) is 5.11. The Morgan fingerprint density at radius 1 is 1.09 bits per heavy atom. The van der Waals surface area contributed by atoms with Crippen LogP contribution in [0.1, 0.15) is 39.5 Å². The summed E-state index contributed by atoms with van der Waals surface area (Å²) in [6.45, 7) is 4.00. The van der Waals surface area contributed by atoms with E-state index >= 15 is 0 Å². The number of nitrogens with zero attached hydrogens (tertiary/aromatic N) is 1. The van der Waals surface area contributed by atoms with Crippen molar-refractivity contribution in [1.29, 1.82) is 0 Å². The molecule has 22 heavy (non-hydrogen) atoms. The van der Waals surface area contributed by atoms with Crippen LogP contribution in [-0.4, -0.2) is 30.0 Å². The quantitative estimate of drug-likeness (QED) is 0.728. The van der Waals surface area contributed by atoms with Crippen molar-refractivity contribution in [2.45, 2.75) is 45.6 Å². The minimum absolute atomic E-state index is 0.188. The van der Waals surface area contributed by atoms with Crippen LogP contribution in [0.4, 0.5) is 4.39 Å². The molecule has 1 aromatic carbocycles. The van der Waals surface area contributed by atoms with Gasteiger partial charge in [-0.1, -0.05) is 26.7 Å². The lowest BCUT2D eigenvalue weighted by molar-refractivity contribution is 0.299. The Morgan fingerprint density at radius 3 is 2.18 bits per heavy atom. The molecule has 122 valence electrons. The highest BCUT2D eigenvalue weighted by Crippen LogP contribution is 2.20. The topological polar surface area (TPSA) is 19.0 Å². The molecular formula is C19H29FN2. The number of benzene rings is 1. The van der Waals surface area contributed by atoms with Gasteiger partial charge in [-0.05, 0) is 51.2 Å². The van der Waals surface area contributed by atoms with Gasteiger partial charge < -0.3 is 9.88 Å².